The number of fused-ring (bicyclic) bond motifs is 2. The zero-order chi connectivity index (χ0) is 29.0. The summed E-state index contributed by atoms with van der Waals surface area (Å²) in [6, 6.07) is 6.20. The Morgan fingerprint density at radius 1 is 0.872 bits per heavy atom. The van der Waals surface area contributed by atoms with Crippen molar-refractivity contribution in [2.45, 2.75) is 78.9 Å². The number of ether oxygens (including phenoxy) is 1. The lowest BCUT2D eigenvalue weighted by Gasteiger charge is -2.38. The highest BCUT2D eigenvalue weighted by molar-refractivity contribution is 6.90. The summed E-state index contributed by atoms with van der Waals surface area (Å²) in [6.07, 6.45) is 0. The summed E-state index contributed by atoms with van der Waals surface area (Å²) in [7, 11) is -0.647. The van der Waals surface area contributed by atoms with Crippen molar-refractivity contribution in [1.82, 2.24) is 0 Å². The van der Waals surface area contributed by atoms with Crippen LogP contribution >= 0.6 is 0 Å². The van der Waals surface area contributed by atoms with Crippen molar-refractivity contribution < 1.29 is 23.8 Å². The van der Waals surface area contributed by atoms with Gasteiger partial charge in [0.15, 0.2) is 11.5 Å². The number of hydrogen-bond donors (Lipinski definition) is 2. The van der Waals surface area contributed by atoms with Gasteiger partial charge in [0.2, 0.25) is 0 Å². The number of methoxy groups -OCH3 is 1. The molecule has 3 aromatic carbocycles. The minimum Gasteiger partial charge on any atom is -0.508 e. The second kappa shape index (κ2) is 10.3. The molecular weight excluding hydrogens is 507 g/mol. The van der Waals surface area contributed by atoms with Crippen molar-refractivity contribution in [1.29, 1.82) is 0 Å². The summed E-state index contributed by atoms with van der Waals surface area (Å²) < 4.78 is 27.8. The highest BCUT2D eigenvalue weighted by Gasteiger charge is 2.41. The molecule has 1 heterocycles. The normalized spacial score (nSPS) is 12.2. The highest BCUT2D eigenvalue weighted by atomic mass is 28.3. The van der Waals surface area contributed by atoms with E-state index in [2.05, 4.69) is 53.0 Å². The number of aromatic hydroxyl groups is 2. The number of phenolic OH excluding ortho intramolecular Hbond substituents is 2. The first-order chi connectivity index (χ1) is 18.3. The molecule has 0 aliphatic rings. The van der Waals surface area contributed by atoms with Gasteiger partial charge in [0.25, 0.3) is 0 Å². The smallest absolute Gasteiger partial charge is 0.178 e. The Morgan fingerprint density at radius 2 is 1.49 bits per heavy atom. The Kier molecular flexibility index (Phi) is 7.53. The average molecular weight is 547 g/mol. The van der Waals surface area contributed by atoms with Crippen molar-refractivity contribution in [3.05, 3.63) is 52.3 Å². The molecule has 0 fully saturated rings. The number of phenols is 2. The molecule has 39 heavy (non-hydrogen) atoms. The number of benzene rings is 3. The van der Waals surface area contributed by atoms with Gasteiger partial charge in [-0.05, 0) is 77.7 Å². The van der Waals surface area contributed by atoms with Crippen molar-refractivity contribution in [3.8, 4) is 40.0 Å². The standard InChI is InChI=1S/C33H39FO4Si/c1-17(2)39(18(3)4,19(5)6)14-13-25-27(34)12-11-23-15-24(35)16-26(28(23)25)32-33(37-10)29-30(36)21(8)20(7)22(9)31(29)38-32/h11-12,15-19,35-36H,1-10H3. The van der Waals surface area contributed by atoms with Crippen LogP contribution in [0.1, 0.15) is 63.8 Å². The fraction of sp³-hybridized carbons (Fsp3) is 0.394. The number of aryl methyl sites for hydroxylation is 1. The highest BCUT2D eigenvalue weighted by Crippen LogP contribution is 2.50. The van der Waals surface area contributed by atoms with Gasteiger partial charge in [-0.25, -0.2) is 4.39 Å². The molecular formula is C33H39FO4Si. The van der Waals surface area contributed by atoms with Gasteiger partial charge < -0.3 is 19.4 Å². The fourth-order valence-corrected chi connectivity index (χ4v) is 11.6. The van der Waals surface area contributed by atoms with E-state index in [4.69, 9.17) is 9.15 Å². The van der Waals surface area contributed by atoms with Gasteiger partial charge in [0.05, 0.1) is 12.7 Å². The Bertz CT molecular complexity index is 1630. The zero-order valence-corrected chi connectivity index (χ0v) is 25.6. The molecule has 4 rings (SSSR count). The van der Waals surface area contributed by atoms with Gasteiger partial charge in [-0.3, -0.25) is 0 Å². The number of halogens is 1. The largest absolute Gasteiger partial charge is 0.508 e. The van der Waals surface area contributed by atoms with Crippen LogP contribution in [0.4, 0.5) is 4.39 Å². The average Bonchev–Trinajstić information content (AvgIpc) is 3.26. The summed E-state index contributed by atoms with van der Waals surface area (Å²) in [5, 5.41) is 23.4. The second-order valence-electron chi connectivity index (χ2n) is 11.6. The van der Waals surface area contributed by atoms with E-state index >= 15 is 4.39 Å². The molecule has 0 saturated carbocycles. The van der Waals surface area contributed by atoms with Crippen LogP contribution in [0, 0.1) is 38.1 Å². The van der Waals surface area contributed by atoms with Crippen molar-refractivity contribution in [3.63, 3.8) is 0 Å². The Morgan fingerprint density at radius 3 is 2.05 bits per heavy atom. The van der Waals surface area contributed by atoms with Crippen LogP contribution in [0.25, 0.3) is 33.1 Å². The van der Waals surface area contributed by atoms with Gasteiger partial charge in [0.1, 0.15) is 36.4 Å². The maximum absolute atomic E-state index is 15.7. The quantitative estimate of drug-likeness (QED) is 0.193. The van der Waals surface area contributed by atoms with Crippen LogP contribution in [0.15, 0.2) is 28.7 Å². The molecule has 6 heteroatoms. The lowest BCUT2D eigenvalue weighted by molar-refractivity contribution is 0.411. The third-order valence-corrected chi connectivity index (χ3v) is 15.0. The van der Waals surface area contributed by atoms with Crippen LogP contribution < -0.4 is 4.74 Å². The minimum absolute atomic E-state index is 0.00842. The summed E-state index contributed by atoms with van der Waals surface area (Å²) >= 11 is 0. The van der Waals surface area contributed by atoms with E-state index < -0.39 is 13.9 Å². The Hall–Kier alpha value is -3.43. The van der Waals surface area contributed by atoms with E-state index in [9.17, 15) is 10.2 Å². The van der Waals surface area contributed by atoms with E-state index in [-0.39, 0.29) is 17.1 Å². The first kappa shape index (κ1) is 28.6. The lowest BCUT2D eigenvalue weighted by Crippen LogP contribution is -2.43. The molecule has 0 radical (unpaired) electrons. The van der Waals surface area contributed by atoms with E-state index in [0.717, 1.165) is 16.7 Å². The lowest BCUT2D eigenvalue weighted by atomic mass is 9.96. The molecule has 0 bridgehead atoms. The van der Waals surface area contributed by atoms with Crippen molar-refractivity contribution >= 4 is 29.8 Å². The summed E-state index contributed by atoms with van der Waals surface area (Å²) in [6.45, 7) is 19.1. The minimum atomic E-state index is -2.16. The summed E-state index contributed by atoms with van der Waals surface area (Å²) in [5.74, 6) is 3.61. The summed E-state index contributed by atoms with van der Waals surface area (Å²) in [4.78, 5) is 0. The van der Waals surface area contributed by atoms with E-state index in [0.29, 0.717) is 55.4 Å². The molecule has 206 valence electrons. The Balaban J connectivity index is 2.16. The number of rotatable bonds is 5. The predicted molar refractivity (Wildman–Crippen MR) is 161 cm³/mol. The van der Waals surface area contributed by atoms with Crippen LogP contribution in [-0.4, -0.2) is 25.4 Å². The van der Waals surface area contributed by atoms with E-state index in [1.807, 2.05) is 20.8 Å². The van der Waals surface area contributed by atoms with Crippen LogP contribution in [0.2, 0.25) is 16.6 Å². The second-order valence-corrected chi connectivity index (χ2v) is 17.1. The molecule has 0 aliphatic heterocycles. The first-order valence-electron chi connectivity index (χ1n) is 13.6. The summed E-state index contributed by atoms with van der Waals surface area (Å²) in [5.41, 5.74) is 8.57. The van der Waals surface area contributed by atoms with Crippen LogP contribution in [0.5, 0.6) is 17.2 Å². The van der Waals surface area contributed by atoms with Crippen molar-refractivity contribution in [2.24, 2.45) is 0 Å². The van der Waals surface area contributed by atoms with Gasteiger partial charge in [0, 0.05) is 10.9 Å². The van der Waals surface area contributed by atoms with Crippen molar-refractivity contribution in [2.75, 3.05) is 7.11 Å². The maximum atomic E-state index is 15.7. The third kappa shape index (κ3) is 4.37. The number of hydrogen-bond acceptors (Lipinski definition) is 4. The molecule has 0 aliphatic carbocycles. The molecule has 2 N–H and O–H groups in total. The van der Waals surface area contributed by atoms with Gasteiger partial charge >= 0.3 is 0 Å². The van der Waals surface area contributed by atoms with Gasteiger partial charge in [-0.15, -0.1) is 5.54 Å². The molecule has 4 aromatic rings. The topological polar surface area (TPSA) is 62.8 Å². The third-order valence-electron chi connectivity index (χ3n) is 8.69. The monoisotopic (exact) mass is 546 g/mol. The first-order valence-corrected chi connectivity index (χ1v) is 15.8. The maximum Gasteiger partial charge on any atom is 0.178 e. The van der Waals surface area contributed by atoms with Gasteiger partial charge in [-0.2, -0.15) is 0 Å². The fourth-order valence-electron chi connectivity index (χ4n) is 6.41. The molecule has 0 amide bonds. The molecule has 0 spiro atoms. The zero-order valence-electron chi connectivity index (χ0n) is 24.6. The SMILES string of the molecule is COc1c(-c2cc(O)cc3ccc(F)c(C#C[Si](C(C)C)(C(C)C)C(C)C)c23)oc2c(C)c(C)c(C)c(O)c12. The van der Waals surface area contributed by atoms with Gasteiger partial charge in [-0.1, -0.05) is 53.5 Å². The molecule has 0 atom stereocenters. The molecule has 1 aromatic heterocycles. The number of furan rings is 1. The van der Waals surface area contributed by atoms with E-state index in [1.165, 1.54) is 13.2 Å². The Labute approximate surface area is 231 Å². The molecule has 4 nitrogen and oxygen atoms in total. The van der Waals surface area contributed by atoms with E-state index in [1.54, 1.807) is 18.2 Å². The van der Waals surface area contributed by atoms with Crippen LogP contribution in [-0.2, 0) is 0 Å². The van der Waals surface area contributed by atoms with Crippen LogP contribution in [0.3, 0.4) is 0 Å². The molecule has 0 unspecified atom stereocenters. The predicted octanol–water partition coefficient (Wildman–Crippen LogP) is 9.31. The molecule has 0 saturated heterocycles.